The molecule has 108 valence electrons. The Balaban J connectivity index is 2.99. The number of esters is 1. The summed E-state index contributed by atoms with van der Waals surface area (Å²) in [7, 11) is -3.68. The molecule has 0 fully saturated rings. The van der Waals surface area contributed by atoms with Crippen LogP contribution in [0.2, 0.25) is 5.02 Å². The molecule has 0 saturated heterocycles. The first-order chi connectivity index (χ1) is 9.24. The van der Waals surface area contributed by atoms with Gasteiger partial charge in [-0.2, -0.15) is 5.26 Å². The second kappa shape index (κ2) is 6.59. The molecule has 0 aliphatic rings. The highest BCUT2D eigenvalue weighted by molar-refractivity contribution is 7.92. The third kappa shape index (κ3) is 4.72. The van der Waals surface area contributed by atoms with Crippen LogP contribution in [0.1, 0.15) is 6.92 Å². The number of nitrogens with zero attached hydrogens (tertiary/aromatic N) is 2. The average Bonchev–Trinajstić information content (AvgIpc) is 2.34. The lowest BCUT2D eigenvalue weighted by atomic mass is 10.3. The van der Waals surface area contributed by atoms with Gasteiger partial charge in [0.25, 0.3) is 0 Å². The SMILES string of the molecule is C[C@@H](C#N)OC(=O)CN(c1cccc(Cl)c1)S(C)(=O)=O. The number of nitriles is 1. The Bertz CT molecular complexity index is 639. The molecule has 0 saturated carbocycles. The number of benzene rings is 1. The summed E-state index contributed by atoms with van der Waals surface area (Å²) >= 11 is 5.80. The molecule has 0 aliphatic carbocycles. The van der Waals surface area contributed by atoms with Gasteiger partial charge >= 0.3 is 5.97 Å². The molecule has 0 heterocycles. The number of sulfonamides is 1. The molecule has 1 aromatic carbocycles. The van der Waals surface area contributed by atoms with Crippen LogP contribution in [0.25, 0.3) is 0 Å². The van der Waals surface area contributed by atoms with Crippen molar-refractivity contribution in [3.05, 3.63) is 29.3 Å². The van der Waals surface area contributed by atoms with Crippen LogP contribution in [0.15, 0.2) is 24.3 Å². The monoisotopic (exact) mass is 316 g/mol. The standard InChI is InChI=1S/C12H13ClN2O4S/c1-9(7-14)19-12(16)8-15(20(2,17)18)11-5-3-4-10(13)6-11/h3-6,9H,8H2,1-2H3/t9-/m0/s1. The second-order valence-electron chi connectivity index (χ2n) is 4.01. The van der Waals surface area contributed by atoms with E-state index in [-0.39, 0.29) is 5.69 Å². The Hall–Kier alpha value is -1.78. The predicted molar refractivity (Wildman–Crippen MR) is 74.8 cm³/mol. The third-order valence-electron chi connectivity index (χ3n) is 2.26. The summed E-state index contributed by atoms with van der Waals surface area (Å²) in [6.07, 6.45) is 0.0258. The quantitative estimate of drug-likeness (QED) is 0.769. The molecular formula is C12H13ClN2O4S. The van der Waals surface area contributed by atoms with Crippen molar-refractivity contribution in [2.24, 2.45) is 0 Å². The highest BCUT2D eigenvalue weighted by Crippen LogP contribution is 2.21. The summed E-state index contributed by atoms with van der Waals surface area (Å²) in [6, 6.07) is 7.81. The first kappa shape index (κ1) is 16.3. The van der Waals surface area contributed by atoms with Crippen LogP contribution in [-0.4, -0.2) is 33.3 Å². The number of hydrogen-bond donors (Lipinski definition) is 0. The lowest BCUT2D eigenvalue weighted by molar-refractivity contribution is -0.143. The van der Waals surface area contributed by atoms with Gasteiger partial charge in [0.15, 0.2) is 6.10 Å². The zero-order chi connectivity index (χ0) is 15.3. The van der Waals surface area contributed by atoms with Crippen LogP contribution < -0.4 is 4.31 Å². The van der Waals surface area contributed by atoms with Crippen molar-refractivity contribution in [2.45, 2.75) is 13.0 Å². The largest absolute Gasteiger partial charge is 0.446 e. The fourth-order valence-electron chi connectivity index (χ4n) is 1.41. The Labute approximate surface area is 122 Å². The molecule has 0 spiro atoms. The number of ether oxygens (including phenoxy) is 1. The van der Waals surface area contributed by atoms with Gasteiger partial charge in [0.05, 0.1) is 11.9 Å². The molecule has 0 N–H and O–H groups in total. The highest BCUT2D eigenvalue weighted by Gasteiger charge is 2.22. The molecule has 0 amide bonds. The van der Waals surface area contributed by atoms with E-state index in [9.17, 15) is 13.2 Å². The number of hydrogen-bond acceptors (Lipinski definition) is 5. The number of carbonyl (C=O) groups excluding carboxylic acids is 1. The third-order valence-corrected chi connectivity index (χ3v) is 3.63. The van der Waals surface area contributed by atoms with Gasteiger partial charge in [-0.05, 0) is 25.1 Å². The van der Waals surface area contributed by atoms with Crippen molar-refractivity contribution >= 4 is 33.3 Å². The maximum absolute atomic E-state index is 11.7. The van der Waals surface area contributed by atoms with Gasteiger partial charge in [0.1, 0.15) is 12.6 Å². The van der Waals surface area contributed by atoms with Crippen molar-refractivity contribution in [3.8, 4) is 6.07 Å². The molecule has 1 atom stereocenters. The molecule has 1 rings (SSSR count). The number of carbonyl (C=O) groups is 1. The number of rotatable bonds is 5. The van der Waals surface area contributed by atoms with Crippen molar-refractivity contribution in [2.75, 3.05) is 17.1 Å². The van der Waals surface area contributed by atoms with E-state index in [1.807, 2.05) is 0 Å². The maximum atomic E-state index is 11.7. The van der Waals surface area contributed by atoms with E-state index in [1.165, 1.54) is 19.1 Å². The van der Waals surface area contributed by atoms with E-state index < -0.39 is 28.6 Å². The van der Waals surface area contributed by atoms with Crippen molar-refractivity contribution < 1.29 is 17.9 Å². The minimum atomic E-state index is -3.68. The lowest BCUT2D eigenvalue weighted by Crippen LogP contribution is -2.36. The molecular weight excluding hydrogens is 304 g/mol. The van der Waals surface area contributed by atoms with Gasteiger partial charge in [-0.25, -0.2) is 8.42 Å². The molecule has 0 unspecified atom stereocenters. The first-order valence-corrected chi connectivity index (χ1v) is 7.79. The Morgan fingerprint density at radius 2 is 2.20 bits per heavy atom. The summed E-state index contributed by atoms with van der Waals surface area (Å²) in [5.74, 6) is -0.815. The Kier molecular flexibility index (Phi) is 5.36. The van der Waals surface area contributed by atoms with Gasteiger partial charge < -0.3 is 4.74 Å². The van der Waals surface area contributed by atoms with Crippen molar-refractivity contribution in [1.29, 1.82) is 5.26 Å². The predicted octanol–water partition coefficient (Wildman–Crippen LogP) is 1.56. The maximum Gasteiger partial charge on any atom is 0.328 e. The average molecular weight is 317 g/mol. The molecule has 20 heavy (non-hydrogen) atoms. The number of anilines is 1. The van der Waals surface area contributed by atoms with E-state index in [0.29, 0.717) is 5.02 Å². The summed E-state index contributed by atoms with van der Waals surface area (Å²) in [5.41, 5.74) is 0.251. The normalized spacial score (nSPS) is 12.3. The summed E-state index contributed by atoms with van der Waals surface area (Å²) in [4.78, 5) is 11.6. The Morgan fingerprint density at radius 1 is 1.55 bits per heavy atom. The molecule has 0 bridgehead atoms. The molecule has 0 radical (unpaired) electrons. The fraction of sp³-hybridized carbons (Fsp3) is 0.333. The second-order valence-corrected chi connectivity index (χ2v) is 6.35. The summed E-state index contributed by atoms with van der Waals surface area (Å²) in [6.45, 7) is 0.868. The fourth-order valence-corrected chi connectivity index (χ4v) is 2.43. The lowest BCUT2D eigenvalue weighted by Gasteiger charge is -2.21. The van der Waals surface area contributed by atoms with Gasteiger partial charge in [-0.1, -0.05) is 17.7 Å². The molecule has 8 heteroatoms. The smallest absolute Gasteiger partial charge is 0.328 e. The van der Waals surface area contributed by atoms with Gasteiger partial charge in [-0.3, -0.25) is 9.10 Å². The molecule has 0 aromatic heterocycles. The van der Waals surface area contributed by atoms with Gasteiger partial charge in [0.2, 0.25) is 10.0 Å². The van der Waals surface area contributed by atoms with Crippen molar-refractivity contribution in [1.82, 2.24) is 0 Å². The first-order valence-electron chi connectivity index (χ1n) is 5.56. The molecule has 1 aromatic rings. The van der Waals surface area contributed by atoms with Crippen LogP contribution in [0.5, 0.6) is 0 Å². The minimum absolute atomic E-state index is 0.251. The zero-order valence-electron chi connectivity index (χ0n) is 10.9. The van der Waals surface area contributed by atoms with Crippen LogP contribution in [0.4, 0.5) is 5.69 Å². The molecule has 6 nitrogen and oxygen atoms in total. The van der Waals surface area contributed by atoms with E-state index in [2.05, 4.69) is 0 Å². The van der Waals surface area contributed by atoms with Gasteiger partial charge in [-0.15, -0.1) is 0 Å². The van der Waals surface area contributed by atoms with Crippen LogP contribution >= 0.6 is 11.6 Å². The summed E-state index contributed by atoms with van der Waals surface area (Å²) < 4.78 is 29.1. The summed E-state index contributed by atoms with van der Waals surface area (Å²) in [5, 5.41) is 8.90. The van der Waals surface area contributed by atoms with E-state index in [1.54, 1.807) is 18.2 Å². The van der Waals surface area contributed by atoms with Crippen LogP contribution in [0, 0.1) is 11.3 Å². The van der Waals surface area contributed by atoms with Gasteiger partial charge in [0, 0.05) is 5.02 Å². The minimum Gasteiger partial charge on any atom is -0.446 e. The highest BCUT2D eigenvalue weighted by atomic mass is 35.5. The zero-order valence-corrected chi connectivity index (χ0v) is 12.5. The Morgan fingerprint density at radius 3 is 2.70 bits per heavy atom. The van der Waals surface area contributed by atoms with Crippen LogP contribution in [-0.2, 0) is 19.6 Å². The van der Waals surface area contributed by atoms with E-state index >= 15 is 0 Å². The topological polar surface area (TPSA) is 87.5 Å². The van der Waals surface area contributed by atoms with E-state index in [4.69, 9.17) is 21.6 Å². The molecule has 0 aliphatic heterocycles. The van der Waals surface area contributed by atoms with Crippen LogP contribution in [0.3, 0.4) is 0 Å². The number of halogens is 1. The van der Waals surface area contributed by atoms with E-state index in [0.717, 1.165) is 10.6 Å². The van der Waals surface area contributed by atoms with Crippen molar-refractivity contribution in [3.63, 3.8) is 0 Å².